The molecule has 550 valence electrons. The summed E-state index contributed by atoms with van der Waals surface area (Å²) in [6.45, 7) is 4.96. The highest BCUT2D eigenvalue weighted by atomic mass is 16.5. The topological polar surface area (TPSA) is 95.9 Å². The van der Waals surface area contributed by atoms with E-state index in [1.807, 2.05) is 6.08 Å². The van der Waals surface area contributed by atoms with E-state index in [1.54, 1.807) is 6.08 Å². The molecule has 0 saturated heterocycles. The van der Waals surface area contributed by atoms with Crippen molar-refractivity contribution in [1.29, 1.82) is 0 Å². The van der Waals surface area contributed by atoms with Crippen LogP contribution in [-0.4, -0.2) is 47.4 Å². The standard InChI is InChI=1S/C87H167NO5/c1-3-5-7-9-11-13-15-17-19-21-23-24-38-41-44-47-51-55-59-63-67-71-75-79-85(90)84(83-89)88-86(91)80-76-72-68-64-60-56-52-48-45-42-39-36-34-32-30-28-26-25-27-29-31-33-35-37-40-43-46-50-54-58-62-66-70-74-78-82-93-87(92)81-77-73-69-65-61-57-53-49-22-20-18-16-14-12-10-8-6-4-2/h20,22,27,29,75,79,84-85,89-90H,3-19,21,23-26,28,30-74,76-78,80-83H2,1-2H3,(H,88,91)/b22-20-,29-27-,79-75+. The van der Waals surface area contributed by atoms with Gasteiger partial charge in [0, 0.05) is 12.8 Å². The van der Waals surface area contributed by atoms with Gasteiger partial charge in [-0.1, -0.05) is 423 Å². The summed E-state index contributed by atoms with van der Waals surface area (Å²) in [5.41, 5.74) is 0. The van der Waals surface area contributed by atoms with E-state index >= 15 is 0 Å². The van der Waals surface area contributed by atoms with Crippen LogP contribution in [0.1, 0.15) is 483 Å². The Kier molecular flexibility index (Phi) is 80.8. The van der Waals surface area contributed by atoms with Crippen LogP contribution in [0.3, 0.4) is 0 Å². The Balaban J connectivity index is 3.36. The van der Waals surface area contributed by atoms with Gasteiger partial charge in [0.1, 0.15) is 0 Å². The number of amides is 1. The molecule has 0 aromatic rings. The average molecular weight is 1310 g/mol. The number of unbranched alkanes of at least 4 members (excludes halogenated alkanes) is 66. The van der Waals surface area contributed by atoms with E-state index in [0.717, 1.165) is 44.9 Å². The summed E-state index contributed by atoms with van der Waals surface area (Å²) in [6, 6.07) is -0.627. The summed E-state index contributed by atoms with van der Waals surface area (Å²) in [5, 5.41) is 23.3. The van der Waals surface area contributed by atoms with E-state index in [-0.39, 0.29) is 18.5 Å². The Morgan fingerprint density at radius 3 is 0.763 bits per heavy atom. The molecule has 6 heteroatoms. The molecule has 0 bridgehead atoms. The number of aliphatic hydroxyl groups is 2. The maximum absolute atomic E-state index is 12.6. The number of esters is 1. The second kappa shape index (κ2) is 82.5. The third-order valence-electron chi connectivity index (χ3n) is 20.1. The molecule has 6 nitrogen and oxygen atoms in total. The second-order valence-corrected chi connectivity index (χ2v) is 29.5. The van der Waals surface area contributed by atoms with Gasteiger partial charge in [0.25, 0.3) is 0 Å². The molecule has 0 spiro atoms. The predicted molar refractivity (Wildman–Crippen MR) is 412 cm³/mol. The Bertz CT molecular complexity index is 1510. The van der Waals surface area contributed by atoms with Crippen LogP contribution in [0, 0.1) is 0 Å². The molecule has 3 N–H and O–H groups in total. The van der Waals surface area contributed by atoms with Gasteiger partial charge in [-0.15, -0.1) is 0 Å². The Morgan fingerprint density at radius 1 is 0.290 bits per heavy atom. The molecular weight excluding hydrogens is 1140 g/mol. The fourth-order valence-electron chi connectivity index (χ4n) is 13.6. The van der Waals surface area contributed by atoms with Crippen molar-refractivity contribution in [3.05, 3.63) is 36.5 Å². The minimum absolute atomic E-state index is 0.0181. The number of carbonyl (C=O) groups is 2. The van der Waals surface area contributed by atoms with Gasteiger partial charge < -0.3 is 20.3 Å². The lowest BCUT2D eigenvalue weighted by Crippen LogP contribution is -2.45. The smallest absolute Gasteiger partial charge is 0.305 e. The monoisotopic (exact) mass is 1310 g/mol. The van der Waals surface area contributed by atoms with Crippen LogP contribution in [0.15, 0.2) is 36.5 Å². The summed E-state index contributed by atoms with van der Waals surface area (Å²) in [5.74, 6) is -0.0411. The number of ether oxygens (including phenoxy) is 1. The first-order valence-electron chi connectivity index (χ1n) is 42.8. The molecule has 0 heterocycles. The van der Waals surface area contributed by atoms with Gasteiger partial charge in [0.15, 0.2) is 0 Å². The van der Waals surface area contributed by atoms with E-state index in [0.29, 0.717) is 19.4 Å². The van der Waals surface area contributed by atoms with Crippen molar-refractivity contribution in [2.24, 2.45) is 0 Å². The van der Waals surface area contributed by atoms with Gasteiger partial charge in [0.2, 0.25) is 5.91 Å². The van der Waals surface area contributed by atoms with Crippen LogP contribution < -0.4 is 5.32 Å². The molecule has 0 aromatic heterocycles. The molecule has 0 aliphatic heterocycles. The molecule has 0 saturated carbocycles. The SMILES string of the molecule is CCCCCCCCC/C=C\CCCCCCCCCC(=O)OCCCCCCCCCCCCCCCC/C=C\CCCCCCCCCCCCCCCCCCCC(=O)NC(CO)C(O)/C=C/CCCCCCCCCCCCCCCCCCCCCCC. The zero-order valence-electron chi connectivity index (χ0n) is 63.3. The number of rotatable bonds is 81. The zero-order chi connectivity index (χ0) is 67.0. The van der Waals surface area contributed by atoms with Gasteiger partial charge in [-0.2, -0.15) is 0 Å². The van der Waals surface area contributed by atoms with Crippen LogP contribution in [0.25, 0.3) is 0 Å². The lowest BCUT2D eigenvalue weighted by molar-refractivity contribution is -0.143. The summed E-state index contributed by atoms with van der Waals surface area (Å²) in [4.78, 5) is 24.7. The maximum Gasteiger partial charge on any atom is 0.305 e. The highest BCUT2D eigenvalue weighted by molar-refractivity contribution is 5.76. The first-order chi connectivity index (χ1) is 46.0. The number of allylic oxidation sites excluding steroid dienone is 5. The quantitative estimate of drug-likeness (QED) is 0.0320. The van der Waals surface area contributed by atoms with Gasteiger partial charge in [0.05, 0.1) is 25.4 Å². The fraction of sp³-hybridized carbons (Fsp3) is 0.908. The Morgan fingerprint density at radius 2 is 0.505 bits per heavy atom. The number of hydrogen-bond acceptors (Lipinski definition) is 5. The van der Waals surface area contributed by atoms with Crippen LogP contribution in [0.4, 0.5) is 0 Å². The van der Waals surface area contributed by atoms with E-state index in [2.05, 4.69) is 43.5 Å². The number of aliphatic hydroxyl groups excluding tert-OH is 2. The summed E-state index contributed by atoms with van der Waals surface area (Å²) in [7, 11) is 0. The number of carbonyl (C=O) groups excluding carboxylic acids is 2. The number of nitrogens with one attached hydrogen (secondary N) is 1. The van der Waals surface area contributed by atoms with Crippen molar-refractivity contribution in [1.82, 2.24) is 5.32 Å². The summed E-state index contributed by atoms with van der Waals surface area (Å²) < 4.78 is 5.52. The van der Waals surface area contributed by atoms with Gasteiger partial charge in [-0.05, 0) is 83.5 Å². The van der Waals surface area contributed by atoms with Gasteiger partial charge in [-0.25, -0.2) is 0 Å². The molecule has 93 heavy (non-hydrogen) atoms. The maximum atomic E-state index is 12.6. The third kappa shape index (κ3) is 79.0. The molecule has 2 unspecified atom stereocenters. The molecule has 0 aliphatic rings. The summed E-state index contributed by atoms with van der Waals surface area (Å²) >= 11 is 0. The molecule has 0 aliphatic carbocycles. The van der Waals surface area contributed by atoms with Crippen molar-refractivity contribution in [2.75, 3.05) is 13.2 Å². The van der Waals surface area contributed by atoms with Crippen LogP contribution in [0.2, 0.25) is 0 Å². The van der Waals surface area contributed by atoms with Crippen molar-refractivity contribution in [2.45, 2.75) is 495 Å². The molecule has 1 amide bonds. The molecular formula is C87H167NO5. The van der Waals surface area contributed by atoms with Crippen molar-refractivity contribution in [3.63, 3.8) is 0 Å². The first-order valence-corrected chi connectivity index (χ1v) is 42.8. The molecule has 0 aromatic carbocycles. The van der Waals surface area contributed by atoms with E-state index in [9.17, 15) is 19.8 Å². The fourth-order valence-corrected chi connectivity index (χ4v) is 13.6. The van der Waals surface area contributed by atoms with Crippen LogP contribution in [-0.2, 0) is 14.3 Å². The Hall–Kier alpha value is -1.92. The predicted octanol–water partition coefficient (Wildman–Crippen LogP) is 28.6. The zero-order valence-corrected chi connectivity index (χ0v) is 63.3. The van der Waals surface area contributed by atoms with Gasteiger partial charge in [-0.3, -0.25) is 9.59 Å². The van der Waals surface area contributed by atoms with Crippen LogP contribution >= 0.6 is 0 Å². The molecule has 0 fully saturated rings. The first kappa shape index (κ1) is 91.1. The normalized spacial score (nSPS) is 12.6. The molecule has 2 atom stereocenters. The lowest BCUT2D eigenvalue weighted by atomic mass is 10.0. The van der Waals surface area contributed by atoms with Crippen molar-refractivity contribution < 1.29 is 24.5 Å². The number of hydrogen-bond donors (Lipinski definition) is 3. The lowest BCUT2D eigenvalue weighted by Gasteiger charge is -2.20. The Labute approximate surface area is 583 Å². The van der Waals surface area contributed by atoms with Crippen LogP contribution in [0.5, 0.6) is 0 Å². The highest BCUT2D eigenvalue weighted by Gasteiger charge is 2.18. The third-order valence-corrected chi connectivity index (χ3v) is 20.1. The van der Waals surface area contributed by atoms with E-state index < -0.39 is 12.1 Å². The highest BCUT2D eigenvalue weighted by Crippen LogP contribution is 2.20. The van der Waals surface area contributed by atoms with Crippen molar-refractivity contribution in [3.8, 4) is 0 Å². The molecule has 0 rings (SSSR count). The van der Waals surface area contributed by atoms with E-state index in [4.69, 9.17) is 4.74 Å². The largest absolute Gasteiger partial charge is 0.466 e. The van der Waals surface area contributed by atoms with Crippen molar-refractivity contribution >= 4 is 11.9 Å². The summed E-state index contributed by atoms with van der Waals surface area (Å²) in [6.07, 6.45) is 109. The minimum Gasteiger partial charge on any atom is -0.466 e. The molecule has 0 radical (unpaired) electrons. The minimum atomic E-state index is -0.844. The van der Waals surface area contributed by atoms with Gasteiger partial charge >= 0.3 is 5.97 Å². The van der Waals surface area contributed by atoms with E-state index in [1.165, 1.54) is 411 Å². The average Bonchev–Trinajstić information content (AvgIpc) is 3.72. The second-order valence-electron chi connectivity index (χ2n) is 29.5.